The Bertz CT molecular complexity index is 1390. The van der Waals surface area contributed by atoms with Gasteiger partial charge in [0.1, 0.15) is 5.75 Å². The van der Waals surface area contributed by atoms with E-state index in [1.807, 2.05) is 54.6 Å². The number of hydrogen-bond acceptors (Lipinski definition) is 7. The molecular weight excluding hydrogens is 544 g/mol. The quantitative estimate of drug-likeness (QED) is 0.326. The van der Waals surface area contributed by atoms with Crippen LogP contribution in [0.4, 0.5) is 27.5 Å². The lowest BCUT2D eigenvalue weighted by Gasteiger charge is -2.38. The van der Waals surface area contributed by atoms with Gasteiger partial charge in [-0.15, -0.1) is 0 Å². The van der Waals surface area contributed by atoms with E-state index in [-0.39, 0.29) is 11.9 Å². The largest absolute Gasteiger partial charge is 0.495 e. The minimum absolute atomic E-state index is 0.157. The molecular formula is C33H42N6O4. The molecule has 43 heavy (non-hydrogen) atoms. The molecule has 10 nitrogen and oxygen atoms in total. The molecule has 0 spiro atoms. The van der Waals surface area contributed by atoms with Crippen molar-refractivity contribution in [1.29, 1.82) is 0 Å². The minimum Gasteiger partial charge on any atom is -0.495 e. The summed E-state index contributed by atoms with van der Waals surface area (Å²) in [5.41, 5.74) is 4.88. The highest BCUT2D eigenvalue weighted by Crippen LogP contribution is 2.31. The van der Waals surface area contributed by atoms with Crippen LogP contribution in [-0.4, -0.2) is 89.5 Å². The SMILES string of the molecule is CCc1cccc(NC(=O)Nc2ccc(N3CCN(c4ccccc4OC)CC3)c(C(=O)NCCN3CCOCC3)c2)c1. The van der Waals surface area contributed by atoms with E-state index >= 15 is 0 Å². The van der Waals surface area contributed by atoms with Crippen molar-refractivity contribution in [3.8, 4) is 5.75 Å². The molecule has 0 unspecified atom stereocenters. The molecule has 0 aromatic heterocycles. The third-order valence-electron chi connectivity index (χ3n) is 7.96. The summed E-state index contributed by atoms with van der Waals surface area (Å²) < 4.78 is 11.0. The van der Waals surface area contributed by atoms with Crippen molar-refractivity contribution < 1.29 is 19.1 Å². The number of hydrogen-bond donors (Lipinski definition) is 3. The second-order valence-electron chi connectivity index (χ2n) is 10.7. The number of benzene rings is 3. The van der Waals surface area contributed by atoms with Crippen LogP contribution in [0.15, 0.2) is 66.7 Å². The number of para-hydroxylation sites is 2. The lowest BCUT2D eigenvalue weighted by molar-refractivity contribution is 0.0383. The zero-order chi connectivity index (χ0) is 30.0. The van der Waals surface area contributed by atoms with Crippen molar-refractivity contribution in [2.45, 2.75) is 13.3 Å². The summed E-state index contributed by atoms with van der Waals surface area (Å²) >= 11 is 0. The van der Waals surface area contributed by atoms with Gasteiger partial charge in [0.15, 0.2) is 0 Å². The third kappa shape index (κ3) is 7.97. The van der Waals surface area contributed by atoms with E-state index in [2.05, 4.69) is 43.6 Å². The van der Waals surface area contributed by atoms with Crippen LogP contribution < -0.4 is 30.5 Å². The van der Waals surface area contributed by atoms with Crippen molar-refractivity contribution in [2.24, 2.45) is 0 Å². The predicted octanol–water partition coefficient (Wildman–Crippen LogP) is 4.29. The van der Waals surface area contributed by atoms with E-state index in [0.29, 0.717) is 17.8 Å². The van der Waals surface area contributed by atoms with Gasteiger partial charge in [-0.25, -0.2) is 4.79 Å². The molecule has 3 N–H and O–H groups in total. The molecule has 2 heterocycles. The van der Waals surface area contributed by atoms with Gasteiger partial charge in [-0.2, -0.15) is 0 Å². The number of anilines is 4. The summed E-state index contributed by atoms with van der Waals surface area (Å²) in [6.45, 7) is 9.61. The average Bonchev–Trinajstić information content (AvgIpc) is 3.05. The van der Waals surface area contributed by atoms with Crippen LogP contribution in [0.5, 0.6) is 5.75 Å². The first kappa shape index (κ1) is 30.2. The van der Waals surface area contributed by atoms with Crippen LogP contribution >= 0.6 is 0 Å². The molecule has 2 fully saturated rings. The van der Waals surface area contributed by atoms with Crippen LogP contribution in [-0.2, 0) is 11.2 Å². The second-order valence-corrected chi connectivity index (χ2v) is 10.7. The number of ether oxygens (including phenoxy) is 2. The van der Waals surface area contributed by atoms with Gasteiger partial charge in [0.25, 0.3) is 5.91 Å². The van der Waals surface area contributed by atoms with E-state index in [0.717, 1.165) is 93.8 Å². The molecule has 0 aliphatic carbocycles. The van der Waals surface area contributed by atoms with Gasteiger partial charge in [-0.3, -0.25) is 9.69 Å². The summed E-state index contributed by atoms with van der Waals surface area (Å²) in [6.07, 6.45) is 0.885. The number of nitrogens with zero attached hydrogens (tertiary/aromatic N) is 3. The maximum atomic E-state index is 13.6. The van der Waals surface area contributed by atoms with E-state index in [1.54, 1.807) is 13.2 Å². The first-order valence-corrected chi connectivity index (χ1v) is 15.1. The first-order valence-electron chi connectivity index (χ1n) is 15.1. The van der Waals surface area contributed by atoms with Gasteiger partial charge in [0, 0.05) is 69.4 Å². The minimum atomic E-state index is -0.356. The number of carbonyl (C=O) groups excluding carboxylic acids is 2. The number of carbonyl (C=O) groups is 2. The fraction of sp³-hybridized carbons (Fsp3) is 0.394. The number of piperazine rings is 1. The second kappa shape index (κ2) is 14.8. The number of rotatable bonds is 10. The lowest BCUT2D eigenvalue weighted by Crippen LogP contribution is -2.47. The molecule has 10 heteroatoms. The molecule has 228 valence electrons. The van der Waals surface area contributed by atoms with Gasteiger partial charge >= 0.3 is 6.03 Å². The van der Waals surface area contributed by atoms with Crippen molar-refractivity contribution in [3.05, 3.63) is 77.9 Å². The standard InChI is InChI=1S/C33H42N6O4/c1-3-25-7-6-8-26(23-25)35-33(41)36-27-11-12-29(28(24-27)32(40)34-13-14-37-19-21-43-22-20-37)38-15-17-39(18-16-38)30-9-4-5-10-31(30)42-2/h4-12,23-24H,3,13-22H2,1-2H3,(H,34,40)(H2,35,36,41). The van der Waals surface area contributed by atoms with Crippen LogP contribution in [0, 0.1) is 0 Å². The Labute approximate surface area is 253 Å². The lowest BCUT2D eigenvalue weighted by atomic mass is 10.1. The number of aryl methyl sites for hydroxylation is 1. The van der Waals surface area contributed by atoms with Crippen molar-refractivity contribution >= 4 is 34.7 Å². The molecule has 2 saturated heterocycles. The normalized spacial score (nSPS) is 15.6. The van der Waals surface area contributed by atoms with E-state index in [1.165, 1.54) is 0 Å². The Hall–Kier alpha value is -4.28. The van der Waals surface area contributed by atoms with Gasteiger partial charge in [-0.05, 0) is 54.4 Å². The average molecular weight is 587 g/mol. The third-order valence-corrected chi connectivity index (χ3v) is 7.96. The summed E-state index contributed by atoms with van der Waals surface area (Å²) in [7, 11) is 1.69. The van der Waals surface area contributed by atoms with Gasteiger partial charge in [0.05, 0.1) is 31.6 Å². The molecule has 0 saturated carbocycles. The molecule has 3 aromatic carbocycles. The molecule has 5 rings (SSSR count). The fourth-order valence-electron chi connectivity index (χ4n) is 5.56. The highest BCUT2D eigenvalue weighted by molar-refractivity contribution is 6.04. The summed E-state index contributed by atoms with van der Waals surface area (Å²) in [5.74, 6) is 0.696. The van der Waals surface area contributed by atoms with Crippen LogP contribution in [0.3, 0.4) is 0 Å². The molecule has 3 amide bonds. The molecule has 0 bridgehead atoms. The highest BCUT2D eigenvalue weighted by Gasteiger charge is 2.24. The van der Waals surface area contributed by atoms with Gasteiger partial charge in [-0.1, -0.05) is 31.2 Å². The maximum Gasteiger partial charge on any atom is 0.323 e. The fourth-order valence-corrected chi connectivity index (χ4v) is 5.56. The monoisotopic (exact) mass is 586 g/mol. The molecule has 0 radical (unpaired) electrons. The Morgan fingerprint density at radius 2 is 1.51 bits per heavy atom. The Kier molecular flexibility index (Phi) is 10.4. The number of nitrogens with one attached hydrogen (secondary N) is 3. The zero-order valence-corrected chi connectivity index (χ0v) is 25.1. The first-order chi connectivity index (χ1) is 21.0. The van der Waals surface area contributed by atoms with E-state index in [9.17, 15) is 9.59 Å². The number of urea groups is 1. The number of methoxy groups -OCH3 is 1. The highest BCUT2D eigenvalue weighted by atomic mass is 16.5. The van der Waals surface area contributed by atoms with E-state index in [4.69, 9.17) is 9.47 Å². The molecule has 2 aliphatic rings. The topological polar surface area (TPSA) is 98.4 Å². The smallest absolute Gasteiger partial charge is 0.323 e. The van der Waals surface area contributed by atoms with Gasteiger partial charge < -0.3 is 35.2 Å². The Morgan fingerprint density at radius 1 is 0.814 bits per heavy atom. The van der Waals surface area contributed by atoms with Crippen molar-refractivity contribution in [1.82, 2.24) is 10.2 Å². The van der Waals surface area contributed by atoms with Crippen LogP contribution in [0.1, 0.15) is 22.8 Å². The van der Waals surface area contributed by atoms with E-state index < -0.39 is 0 Å². The number of amides is 3. The molecule has 0 atom stereocenters. The zero-order valence-electron chi connectivity index (χ0n) is 25.1. The van der Waals surface area contributed by atoms with Crippen molar-refractivity contribution in [3.63, 3.8) is 0 Å². The summed E-state index contributed by atoms with van der Waals surface area (Å²) in [6, 6.07) is 21.0. The molecule has 2 aliphatic heterocycles. The summed E-state index contributed by atoms with van der Waals surface area (Å²) in [5, 5.41) is 8.91. The molecule has 3 aromatic rings. The number of morpholine rings is 1. The summed E-state index contributed by atoms with van der Waals surface area (Å²) in [4.78, 5) is 33.3. The van der Waals surface area contributed by atoms with Crippen LogP contribution in [0.2, 0.25) is 0 Å². The predicted molar refractivity (Wildman–Crippen MR) is 172 cm³/mol. The maximum absolute atomic E-state index is 13.6. The van der Waals surface area contributed by atoms with Crippen molar-refractivity contribution in [2.75, 3.05) is 93.1 Å². The van der Waals surface area contributed by atoms with Gasteiger partial charge in [0.2, 0.25) is 0 Å². The van der Waals surface area contributed by atoms with Crippen LogP contribution in [0.25, 0.3) is 0 Å². The Balaban J connectivity index is 1.29. The Morgan fingerprint density at radius 3 is 2.23 bits per heavy atom.